The van der Waals surface area contributed by atoms with Crippen molar-refractivity contribution in [2.24, 2.45) is 51.8 Å². The molecule has 1 heterocycles. The third-order valence-electron chi connectivity index (χ3n) is 15.6. The normalized spacial score (nSPS) is 38.3. The lowest BCUT2D eigenvalue weighted by Gasteiger charge is -2.69. The van der Waals surface area contributed by atoms with Crippen LogP contribution in [0.2, 0.25) is 0 Å². The van der Waals surface area contributed by atoms with Crippen molar-refractivity contribution in [3.63, 3.8) is 0 Å². The minimum Gasteiger partial charge on any atom is -0.486 e. The molecule has 1 amide bonds. The van der Waals surface area contributed by atoms with Gasteiger partial charge in [-0.25, -0.2) is 0 Å². The first-order chi connectivity index (χ1) is 22.6. The van der Waals surface area contributed by atoms with Gasteiger partial charge in [0, 0.05) is 6.42 Å². The quantitative estimate of drug-likeness (QED) is 0.234. The molecule has 4 fully saturated rings. The van der Waals surface area contributed by atoms with Crippen molar-refractivity contribution in [2.45, 2.75) is 144 Å². The number of nitrogens with one attached hydrogen (secondary N) is 1. The monoisotopic (exact) mass is 659 g/mol. The maximum Gasteiger partial charge on any atom is 0.230 e. The van der Waals surface area contributed by atoms with Crippen molar-refractivity contribution in [1.29, 1.82) is 0 Å². The van der Waals surface area contributed by atoms with Crippen LogP contribution < -0.4 is 14.8 Å². The number of hydrogen-bond acceptors (Lipinski definition) is 4. The van der Waals surface area contributed by atoms with Crippen molar-refractivity contribution in [1.82, 2.24) is 5.32 Å². The Morgan fingerprint density at radius 1 is 0.938 bits per heavy atom. The molecule has 8 unspecified atom stereocenters. The van der Waals surface area contributed by atoms with E-state index in [9.17, 15) is 9.59 Å². The van der Waals surface area contributed by atoms with Crippen LogP contribution >= 0.6 is 0 Å². The predicted molar refractivity (Wildman–Crippen MR) is 194 cm³/mol. The molecule has 1 aromatic rings. The Labute approximate surface area is 291 Å². The number of aldehydes is 1. The first kappa shape index (κ1) is 35.5. The molecule has 8 atom stereocenters. The summed E-state index contributed by atoms with van der Waals surface area (Å²) in [7, 11) is 0. The minimum absolute atomic E-state index is 0.0311. The molecule has 5 heteroatoms. The van der Waals surface area contributed by atoms with E-state index < -0.39 is 11.0 Å². The topological polar surface area (TPSA) is 64.6 Å². The molecule has 0 bridgehead atoms. The van der Waals surface area contributed by atoms with Crippen molar-refractivity contribution in [2.75, 3.05) is 13.2 Å². The molecule has 1 N–H and O–H groups in total. The second kappa shape index (κ2) is 12.5. The minimum atomic E-state index is -0.819. The van der Waals surface area contributed by atoms with Gasteiger partial charge in [-0.1, -0.05) is 66.5 Å². The highest BCUT2D eigenvalue weighted by atomic mass is 16.6. The average Bonchev–Trinajstić information content (AvgIpc) is 3.03. The van der Waals surface area contributed by atoms with Crippen LogP contribution in [0.25, 0.3) is 0 Å². The van der Waals surface area contributed by atoms with Gasteiger partial charge in [0.25, 0.3) is 0 Å². The molecule has 5 aliphatic rings. The van der Waals surface area contributed by atoms with Crippen molar-refractivity contribution < 1.29 is 19.1 Å². The molecule has 0 radical (unpaired) electrons. The predicted octanol–water partition coefficient (Wildman–Crippen LogP) is 9.86. The van der Waals surface area contributed by atoms with Crippen LogP contribution in [0.3, 0.4) is 0 Å². The smallest absolute Gasteiger partial charge is 0.230 e. The van der Waals surface area contributed by atoms with Crippen LogP contribution in [-0.2, 0) is 15.0 Å². The van der Waals surface area contributed by atoms with E-state index in [2.05, 4.69) is 60.7 Å². The number of benzene rings is 1. The van der Waals surface area contributed by atoms with Gasteiger partial charge >= 0.3 is 0 Å². The Kier molecular flexibility index (Phi) is 9.24. The van der Waals surface area contributed by atoms with E-state index in [0.29, 0.717) is 54.0 Å². The van der Waals surface area contributed by atoms with Crippen molar-refractivity contribution in [3.05, 3.63) is 34.9 Å². The number of ether oxygens (including phenoxy) is 2. The lowest BCUT2D eigenvalue weighted by molar-refractivity contribution is -0.190. The molecular weight excluding hydrogens is 594 g/mol. The largest absolute Gasteiger partial charge is 0.486 e. The Hall–Kier alpha value is -2.30. The highest BCUT2D eigenvalue weighted by molar-refractivity contribution is 5.89. The molecule has 48 heavy (non-hydrogen) atoms. The van der Waals surface area contributed by atoms with E-state index in [1.165, 1.54) is 49.7 Å². The number of hydrogen-bond donors (Lipinski definition) is 1. The SMILES string of the molecule is CCC1CCC2(C)C(CCC3(C)C4CCC(CC=O)(NC(=O)C(C)(C)c5ccc6c(c5)OCCO6)/C(=C(\C)C(C)C)C4CCC32)C1(C)C. The van der Waals surface area contributed by atoms with E-state index in [4.69, 9.17) is 9.47 Å². The molecular formula is C43H65NO4. The number of amides is 1. The van der Waals surface area contributed by atoms with Gasteiger partial charge in [0.15, 0.2) is 11.5 Å². The zero-order valence-electron chi connectivity index (χ0n) is 31.9. The second-order valence-corrected chi connectivity index (χ2v) is 18.6. The highest BCUT2D eigenvalue weighted by Crippen LogP contribution is 2.72. The summed E-state index contributed by atoms with van der Waals surface area (Å²) in [6.45, 7) is 24.8. The van der Waals surface area contributed by atoms with Gasteiger partial charge in [-0.2, -0.15) is 0 Å². The molecule has 0 saturated heterocycles. The maximum atomic E-state index is 14.6. The van der Waals surface area contributed by atoms with Gasteiger partial charge in [0.1, 0.15) is 19.5 Å². The van der Waals surface area contributed by atoms with Crippen LogP contribution in [0.4, 0.5) is 0 Å². The number of carbonyl (C=O) groups is 2. The Balaban J connectivity index is 1.34. The standard InChI is InChI=1S/C43H65NO4/c1-11-29-16-19-42(10)35(39(29,5)6)18-20-41(9)32-17-21-43(22-23-45,37(28(4)27(2)3)31(32)13-15-36(41)42)44-38(46)40(7,8)30-12-14-33-34(26-30)48-25-24-47-33/h12,14,23,26-27,29,31-32,35-36H,11,13,15-22,24-25H2,1-10H3,(H,44,46)/b37-28+. The first-order valence-corrected chi connectivity index (χ1v) is 19.4. The summed E-state index contributed by atoms with van der Waals surface area (Å²) in [6.07, 6.45) is 12.3. The summed E-state index contributed by atoms with van der Waals surface area (Å²) in [6, 6.07) is 5.87. The molecule has 5 nitrogen and oxygen atoms in total. The summed E-state index contributed by atoms with van der Waals surface area (Å²) in [5.41, 5.74) is 3.20. The summed E-state index contributed by atoms with van der Waals surface area (Å²) in [5.74, 6) is 5.03. The van der Waals surface area contributed by atoms with E-state index >= 15 is 0 Å². The first-order valence-electron chi connectivity index (χ1n) is 19.4. The highest BCUT2D eigenvalue weighted by Gasteiger charge is 2.65. The fourth-order valence-electron chi connectivity index (χ4n) is 12.7. The van der Waals surface area contributed by atoms with Crippen LogP contribution in [0.1, 0.15) is 139 Å². The molecule has 0 aromatic heterocycles. The molecule has 1 aliphatic heterocycles. The summed E-state index contributed by atoms with van der Waals surface area (Å²) >= 11 is 0. The van der Waals surface area contributed by atoms with E-state index in [1.807, 2.05) is 32.0 Å². The summed E-state index contributed by atoms with van der Waals surface area (Å²) < 4.78 is 11.7. The van der Waals surface area contributed by atoms with Gasteiger partial charge in [-0.3, -0.25) is 4.79 Å². The van der Waals surface area contributed by atoms with Crippen LogP contribution in [-0.4, -0.2) is 30.9 Å². The maximum absolute atomic E-state index is 14.6. The van der Waals surface area contributed by atoms with Crippen LogP contribution in [0, 0.1) is 51.8 Å². The number of carbonyl (C=O) groups excluding carboxylic acids is 2. The van der Waals surface area contributed by atoms with Gasteiger partial charge in [0.2, 0.25) is 5.91 Å². The summed E-state index contributed by atoms with van der Waals surface area (Å²) in [4.78, 5) is 27.2. The van der Waals surface area contributed by atoms with Crippen LogP contribution in [0.15, 0.2) is 29.3 Å². The molecule has 6 rings (SSSR count). The van der Waals surface area contributed by atoms with E-state index in [-0.39, 0.29) is 11.3 Å². The lowest BCUT2D eigenvalue weighted by Crippen LogP contribution is -2.64. The second-order valence-electron chi connectivity index (χ2n) is 18.6. The Bertz CT molecular complexity index is 1440. The summed E-state index contributed by atoms with van der Waals surface area (Å²) in [5, 5.41) is 3.63. The number of rotatable bonds is 7. The van der Waals surface area contributed by atoms with Gasteiger partial charge in [-0.05, 0) is 147 Å². The van der Waals surface area contributed by atoms with E-state index in [0.717, 1.165) is 54.6 Å². The average molecular weight is 660 g/mol. The molecule has 0 spiro atoms. The fourth-order valence-corrected chi connectivity index (χ4v) is 12.7. The molecule has 4 saturated carbocycles. The number of allylic oxidation sites excluding steroid dienone is 1. The Morgan fingerprint density at radius 2 is 1.62 bits per heavy atom. The zero-order chi connectivity index (χ0) is 34.9. The van der Waals surface area contributed by atoms with Crippen molar-refractivity contribution >= 4 is 12.2 Å². The lowest BCUT2D eigenvalue weighted by atomic mass is 9.36. The van der Waals surface area contributed by atoms with Gasteiger partial charge in [0.05, 0.1) is 11.0 Å². The third kappa shape index (κ3) is 5.38. The van der Waals surface area contributed by atoms with Gasteiger partial charge in [-0.15, -0.1) is 0 Å². The zero-order valence-corrected chi connectivity index (χ0v) is 31.9. The molecule has 1 aromatic carbocycles. The van der Waals surface area contributed by atoms with E-state index in [1.54, 1.807) is 0 Å². The Morgan fingerprint density at radius 3 is 2.29 bits per heavy atom. The van der Waals surface area contributed by atoms with Crippen molar-refractivity contribution in [3.8, 4) is 11.5 Å². The third-order valence-corrected chi connectivity index (χ3v) is 15.6. The fraction of sp³-hybridized carbons (Fsp3) is 0.767. The molecule has 266 valence electrons. The number of fused-ring (bicyclic) bond motifs is 6. The van der Waals surface area contributed by atoms with Crippen LogP contribution in [0.5, 0.6) is 11.5 Å². The molecule has 4 aliphatic carbocycles. The van der Waals surface area contributed by atoms with Gasteiger partial charge < -0.3 is 19.6 Å².